The second kappa shape index (κ2) is 15.3. The van der Waals surface area contributed by atoms with Gasteiger partial charge in [0.1, 0.15) is 36.3 Å². The number of nitrogen functional groups attached to an aromatic ring is 2. The fourth-order valence-electron chi connectivity index (χ4n) is 4.80. The number of carbonyl (C=O) groups is 2. The minimum atomic E-state index is -0.159. The van der Waals surface area contributed by atoms with Crippen LogP contribution in [0.1, 0.15) is 44.8 Å². The van der Waals surface area contributed by atoms with E-state index >= 15 is 0 Å². The molecule has 0 atom stereocenters. The van der Waals surface area contributed by atoms with E-state index in [0.717, 1.165) is 56.8 Å². The molecule has 0 radical (unpaired) electrons. The number of aromatic nitrogens is 4. The molecule has 0 spiro atoms. The summed E-state index contributed by atoms with van der Waals surface area (Å²) in [5.41, 5.74) is 14.2. The number of nitrogens with one attached hydrogen (secondary N) is 4. The smallest absolute Gasteiger partial charge is 0.254 e. The van der Waals surface area contributed by atoms with Crippen molar-refractivity contribution in [3.63, 3.8) is 0 Å². The van der Waals surface area contributed by atoms with Crippen molar-refractivity contribution >= 4 is 34.6 Å². The highest BCUT2D eigenvalue weighted by molar-refractivity contribution is 5.91. The third kappa shape index (κ3) is 9.52. The number of nitrogens with two attached hydrogens (primary N) is 2. The lowest BCUT2D eigenvalue weighted by molar-refractivity contribution is -0.704. The first-order chi connectivity index (χ1) is 20.8. The zero-order chi connectivity index (χ0) is 30.6. The van der Waals surface area contributed by atoms with Crippen LogP contribution >= 0.6 is 0 Å². The van der Waals surface area contributed by atoms with Gasteiger partial charge in [0.2, 0.25) is 11.8 Å². The van der Waals surface area contributed by atoms with Gasteiger partial charge in [-0.25, -0.2) is 19.1 Å². The van der Waals surface area contributed by atoms with Gasteiger partial charge in [0, 0.05) is 63.0 Å². The summed E-state index contributed by atoms with van der Waals surface area (Å²) in [5, 5.41) is 5.55. The van der Waals surface area contributed by atoms with E-state index < -0.39 is 0 Å². The zero-order valence-corrected chi connectivity index (χ0v) is 24.8. The van der Waals surface area contributed by atoms with Crippen molar-refractivity contribution < 1.29 is 28.2 Å². The average Bonchev–Trinajstić information content (AvgIpc) is 3.60. The Morgan fingerprint density at radius 1 is 0.721 bits per heavy atom. The molecule has 0 fully saturated rings. The molecule has 0 saturated heterocycles. The van der Waals surface area contributed by atoms with Gasteiger partial charge in [-0.05, 0) is 30.7 Å². The molecular formula is C31H42N8O4+2. The standard InChI is InChI=1S/C31H40N8O4/c1-22(40)36-26-10-8-24(32)20-28(26)42-18-4-14-38-16-12-34-30(38)6-3-7-31-35-13-17-39(31)15-5-19-43-29-21-25(33)9-11-27(29)37-23(2)41/h8-13,16-17,20-21H,3-7,14-15,18-19,32-33H2,1-2H3,(H2,36,37,40,41)/p+2. The van der Waals surface area contributed by atoms with Crippen molar-refractivity contribution in [2.75, 3.05) is 35.3 Å². The number of benzene rings is 2. The maximum atomic E-state index is 11.5. The van der Waals surface area contributed by atoms with Gasteiger partial charge in [-0.15, -0.1) is 0 Å². The first kappa shape index (κ1) is 30.9. The normalized spacial score (nSPS) is 10.8. The Morgan fingerprint density at radius 3 is 1.58 bits per heavy atom. The van der Waals surface area contributed by atoms with Crippen LogP contribution in [0, 0.1) is 0 Å². The topological polar surface area (TPSA) is 168 Å². The number of hydrogen-bond acceptors (Lipinski definition) is 6. The predicted octanol–water partition coefficient (Wildman–Crippen LogP) is 3.11. The number of ether oxygens (including phenoxy) is 2. The molecule has 2 aromatic carbocycles. The number of aryl methyl sites for hydroxylation is 4. The van der Waals surface area contributed by atoms with Crippen LogP contribution in [-0.2, 0) is 35.5 Å². The second-order valence-corrected chi connectivity index (χ2v) is 10.3. The average molecular weight is 591 g/mol. The summed E-state index contributed by atoms with van der Waals surface area (Å²) in [5.74, 6) is 3.14. The van der Waals surface area contributed by atoms with Crippen molar-refractivity contribution in [3.05, 3.63) is 72.8 Å². The van der Waals surface area contributed by atoms with Crippen LogP contribution in [-0.4, -0.2) is 35.0 Å². The fourth-order valence-corrected chi connectivity index (χ4v) is 4.80. The van der Waals surface area contributed by atoms with Crippen LogP contribution in [0.3, 0.4) is 0 Å². The summed E-state index contributed by atoms with van der Waals surface area (Å²) in [4.78, 5) is 29.7. The van der Waals surface area contributed by atoms with Crippen LogP contribution in [0.5, 0.6) is 11.5 Å². The summed E-state index contributed by atoms with van der Waals surface area (Å²) in [6.45, 7) is 5.51. The number of H-pyrrole nitrogens is 2. The second-order valence-electron chi connectivity index (χ2n) is 10.3. The molecular weight excluding hydrogens is 548 g/mol. The number of imidazole rings is 2. The van der Waals surface area contributed by atoms with Crippen molar-refractivity contribution in [1.29, 1.82) is 0 Å². The SMILES string of the molecule is CC(=O)Nc1ccc(N)cc1OCCC[n+]1cc[nH]c1CCCc1[nH]cc[n+]1CCCOc1cc(N)ccc1NC(C)=O. The van der Waals surface area contributed by atoms with Crippen LogP contribution in [0.15, 0.2) is 61.2 Å². The molecule has 0 saturated carbocycles. The third-order valence-corrected chi connectivity index (χ3v) is 6.76. The highest BCUT2D eigenvalue weighted by atomic mass is 16.5. The number of aromatic amines is 2. The van der Waals surface area contributed by atoms with E-state index in [1.807, 2.05) is 24.8 Å². The molecule has 228 valence electrons. The largest absolute Gasteiger partial charge is 0.491 e. The first-order valence-corrected chi connectivity index (χ1v) is 14.5. The summed E-state index contributed by atoms with van der Waals surface area (Å²) in [6, 6.07) is 10.4. The maximum absolute atomic E-state index is 11.5. The molecule has 8 N–H and O–H groups in total. The number of rotatable bonds is 16. The number of carbonyl (C=O) groups excluding carboxylic acids is 2. The van der Waals surface area contributed by atoms with Crippen LogP contribution in [0.2, 0.25) is 0 Å². The minimum Gasteiger partial charge on any atom is -0.491 e. The Balaban J connectivity index is 1.20. The van der Waals surface area contributed by atoms with Crippen molar-refractivity contribution in [1.82, 2.24) is 9.97 Å². The Morgan fingerprint density at radius 2 is 1.16 bits per heavy atom. The highest BCUT2D eigenvalue weighted by Gasteiger charge is 2.15. The third-order valence-electron chi connectivity index (χ3n) is 6.76. The van der Waals surface area contributed by atoms with Crippen molar-refractivity contribution in [2.45, 2.75) is 59.0 Å². The van der Waals surface area contributed by atoms with E-state index in [9.17, 15) is 9.59 Å². The van der Waals surface area contributed by atoms with Gasteiger partial charge in [-0.1, -0.05) is 0 Å². The molecule has 2 aromatic heterocycles. The molecule has 2 amide bonds. The van der Waals surface area contributed by atoms with Gasteiger partial charge in [0.25, 0.3) is 11.6 Å². The van der Waals surface area contributed by atoms with Crippen LogP contribution < -0.4 is 40.7 Å². The molecule has 0 bridgehead atoms. The number of hydrogen-bond donors (Lipinski definition) is 6. The van der Waals surface area contributed by atoms with E-state index in [1.165, 1.54) is 13.8 Å². The molecule has 4 aromatic rings. The van der Waals surface area contributed by atoms with Gasteiger partial charge in [0.15, 0.2) is 0 Å². The first-order valence-electron chi connectivity index (χ1n) is 14.5. The Bertz CT molecular complexity index is 1400. The molecule has 0 aliphatic heterocycles. The summed E-state index contributed by atoms with van der Waals surface area (Å²) >= 11 is 0. The molecule has 4 rings (SSSR count). The lowest BCUT2D eigenvalue weighted by Gasteiger charge is -2.12. The summed E-state index contributed by atoms with van der Waals surface area (Å²) < 4.78 is 16.3. The van der Waals surface area contributed by atoms with Gasteiger partial charge >= 0.3 is 0 Å². The molecule has 0 aliphatic rings. The summed E-state index contributed by atoms with van der Waals surface area (Å²) in [6.07, 6.45) is 12.4. The number of nitrogens with zero attached hydrogens (tertiary/aromatic N) is 2. The van der Waals surface area contributed by atoms with Gasteiger partial charge in [-0.2, -0.15) is 0 Å². The van der Waals surface area contributed by atoms with E-state index in [-0.39, 0.29) is 11.8 Å². The van der Waals surface area contributed by atoms with Crippen LogP contribution in [0.4, 0.5) is 22.7 Å². The lowest BCUT2D eigenvalue weighted by atomic mass is 10.2. The number of anilines is 4. The lowest BCUT2D eigenvalue weighted by Crippen LogP contribution is -2.38. The van der Waals surface area contributed by atoms with Gasteiger partial charge in [-0.3, -0.25) is 9.59 Å². The predicted molar refractivity (Wildman–Crippen MR) is 165 cm³/mol. The van der Waals surface area contributed by atoms with Crippen molar-refractivity contribution in [2.24, 2.45) is 0 Å². The Kier molecular flexibility index (Phi) is 11.0. The van der Waals surface area contributed by atoms with E-state index in [4.69, 9.17) is 20.9 Å². The summed E-state index contributed by atoms with van der Waals surface area (Å²) in [7, 11) is 0. The molecule has 2 heterocycles. The van der Waals surface area contributed by atoms with E-state index in [0.29, 0.717) is 47.5 Å². The Hall–Kier alpha value is -5.00. The van der Waals surface area contributed by atoms with Gasteiger partial charge < -0.3 is 31.6 Å². The molecule has 0 unspecified atom stereocenters. The molecule has 12 nitrogen and oxygen atoms in total. The van der Waals surface area contributed by atoms with Crippen LogP contribution in [0.25, 0.3) is 0 Å². The van der Waals surface area contributed by atoms with Crippen molar-refractivity contribution in [3.8, 4) is 11.5 Å². The number of amides is 2. The fraction of sp³-hybridized carbons (Fsp3) is 0.355. The Labute approximate surface area is 251 Å². The minimum absolute atomic E-state index is 0.159. The van der Waals surface area contributed by atoms with Gasteiger partial charge in [0.05, 0.1) is 37.7 Å². The van der Waals surface area contributed by atoms with E-state index in [1.54, 1.807) is 36.4 Å². The highest BCUT2D eigenvalue weighted by Crippen LogP contribution is 2.28. The molecule has 43 heavy (non-hydrogen) atoms. The monoisotopic (exact) mass is 590 g/mol. The molecule has 12 heteroatoms. The maximum Gasteiger partial charge on any atom is 0.254 e. The quantitative estimate of drug-likeness (QED) is 0.0666. The van der Waals surface area contributed by atoms with E-state index in [2.05, 4.69) is 29.7 Å². The molecule has 0 aliphatic carbocycles. The zero-order valence-electron chi connectivity index (χ0n) is 24.8.